The molecule has 0 unspecified atom stereocenters. The molecule has 4 heteroatoms. The van der Waals surface area contributed by atoms with Crippen LogP contribution in [0.1, 0.15) is 43.0 Å². The molecule has 1 aliphatic carbocycles. The van der Waals surface area contributed by atoms with Crippen molar-refractivity contribution in [3.63, 3.8) is 0 Å². The Bertz CT molecular complexity index is 1030. The van der Waals surface area contributed by atoms with Crippen LogP contribution in [0, 0.1) is 11.3 Å². The highest BCUT2D eigenvalue weighted by Crippen LogP contribution is 2.41. The van der Waals surface area contributed by atoms with E-state index in [0.717, 1.165) is 23.3 Å². The lowest BCUT2D eigenvalue weighted by Crippen LogP contribution is -2.06. The first kappa shape index (κ1) is 17.8. The minimum absolute atomic E-state index is 0.0443. The molecule has 1 atom stereocenters. The molecule has 3 aromatic rings. The Balaban J connectivity index is 1.69. The highest BCUT2D eigenvalue weighted by atomic mass is 32.1. The van der Waals surface area contributed by atoms with E-state index in [1.54, 1.807) is 11.3 Å². The molecule has 0 bridgehead atoms. The van der Waals surface area contributed by atoms with E-state index < -0.39 is 0 Å². The fourth-order valence-electron chi connectivity index (χ4n) is 3.68. The number of fused-ring (bicyclic) bond motifs is 1. The smallest absolute Gasteiger partial charge is 0.137 e. The average Bonchev–Trinajstić information content (AvgIpc) is 3.29. The van der Waals surface area contributed by atoms with Crippen molar-refractivity contribution in [2.24, 2.45) is 5.73 Å². The molecular weight excluding hydrogens is 352 g/mol. The van der Waals surface area contributed by atoms with Crippen LogP contribution in [0.4, 0.5) is 0 Å². The van der Waals surface area contributed by atoms with Crippen LogP contribution in [0.3, 0.4) is 0 Å². The predicted octanol–water partition coefficient (Wildman–Crippen LogP) is 5.69. The van der Waals surface area contributed by atoms with Crippen molar-refractivity contribution in [1.82, 2.24) is 0 Å². The Labute approximate surface area is 164 Å². The third-order valence-electron chi connectivity index (χ3n) is 4.94. The Hall–Kier alpha value is -2.61. The second-order valence-corrected chi connectivity index (χ2v) is 8.26. The molecule has 4 rings (SSSR count). The maximum Gasteiger partial charge on any atom is 0.137 e. The van der Waals surface area contributed by atoms with Crippen molar-refractivity contribution in [2.45, 2.75) is 38.8 Å². The number of nitrogens with zero attached hydrogens (tertiary/aromatic N) is 1. The van der Waals surface area contributed by atoms with Crippen molar-refractivity contribution in [3.8, 4) is 32.7 Å². The SMILES string of the molecule is CC(C)Oc1ccc(-c2ccc(-c3cccc4c3CC[C@@H]4N)s2)cc1C#N. The van der Waals surface area contributed by atoms with Gasteiger partial charge in [-0.15, -0.1) is 11.3 Å². The van der Waals surface area contributed by atoms with E-state index in [4.69, 9.17) is 10.5 Å². The summed E-state index contributed by atoms with van der Waals surface area (Å²) in [5, 5.41) is 9.48. The first-order valence-electron chi connectivity index (χ1n) is 9.25. The van der Waals surface area contributed by atoms with Gasteiger partial charge in [0.1, 0.15) is 11.8 Å². The van der Waals surface area contributed by atoms with E-state index in [-0.39, 0.29) is 12.1 Å². The number of nitriles is 1. The number of hydrogen-bond donors (Lipinski definition) is 1. The fraction of sp³-hybridized carbons (Fsp3) is 0.261. The minimum atomic E-state index is 0.0443. The lowest BCUT2D eigenvalue weighted by atomic mass is 10.0. The molecule has 1 aliphatic rings. The lowest BCUT2D eigenvalue weighted by molar-refractivity contribution is 0.242. The summed E-state index contributed by atoms with van der Waals surface area (Å²) in [6, 6.07) is 19.0. The number of ether oxygens (including phenoxy) is 1. The Morgan fingerprint density at radius 3 is 2.74 bits per heavy atom. The van der Waals surface area contributed by atoms with Crippen molar-refractivity contribution in [1.29, 1.82) is 5.26 Å². The van der Waals surface area contributed by atoms with Crippen molar-refractivity contribution < 1.29 is 4.74 Å². The normalized spacial score (nSPS) is 15.6. The quantitative estimate of drug-likeness (QED) is 0.638. The van der Waals surface area contributed by atoms with Crippen LogP contribution in [-0.4, -0.2) is 6.10 Å². The lowest BCUT2D eigenvalue weighted by Gasteiger charge is -2.11. The second-order valence-electron chi connectivity index (χ2n) is 7.17. The first-order valence-corrected chi connectivity index (χ1v) is 10.1. The van der Waals surface area contributed by atoms with E-state index in [1.165, 1.54) is 21.6 Å². The highest BCUT2D eigenvalue weighted by molar-refractivity contribution is 7.18. The average molecular weight is 375 g/mol. The molecule has 136 valence electrons. The molecule has 1 aromatic heterocycles. The summed E-state index contributed by atoms with van der Waals surface area (Å²) in [7, 11) is 0. The van der Waals surface area contributed by atoms with Crippen LogP contribution in [-0.2, 0) is 6.42 Å². The molecule has 0 fully saturated rings. The number of nitrogens with two attached hydrogens (primary N) is 1. The summed E-state index contributed by atoms with van der Waals surface area (Å²) < 4.78 is 5.73. The molecule has 0 aliphatic heterocycles. The van der Waals surface area contributed by atoms with E-state index in [0.29, 0.717) is 11.3 Å². The number of benzene rings is 2. The van der Waals surface area contributed by atoms with Crippen LogP contribution < -0.4 is 10.5 Å². The number of thiophene rings is 1. The van der Waals surface area contributed by atoms with Crippen LogP contribution in [0.15, 0.2) is 48.5 Å². The fourth-order valence-corrected chi connectivity index (χ4v) is 4.74. The predicted molar refractivity (Wildman–Crippen MR) is 111 cm³/mol. The Morgan fingerprint density at radius 2 is 1.96 bits per heavy atom. The van der Waals surface area contributed by atoms with Gasteiger partial charge in [0.25, 0.3) is 0 Å². The van der Waals surface area contributed by atoms with Gasteiger partial charge in [-0.1, -0.05) is 18.2 Å². The molecule has 2 N–H and O–H groups in total. The largest absolute Gasteiger partial charge is 0.490 e. The van der Waals surface area contributed by atoms with Gasteiger partial charge in [-0.05, 0) is 79.3 Å². The van der Waals surface area contributed by atoms with E-state index in [2.05, 4.69) is 36.4 Å². The van der Waals surface area contributed by atoms with Gasteiger partial charge < -0.3 is 10.5 Å². The highest BCUT2D eigenvalue weighted by Gasteiger charge is 2.22. The zero-order valence-electron chi connectivity index (χ0n) is 15.5. The molecule has 0 radical (unpaired) electrons. The van der Waals surface area contributed by atoms with Crippen LogP contribution in [0.25, 0.3) is 20.9 Å². The molecule has 0 spiro atoms. The number of hydrogen-bond acceptors (Lipinski definition) is 4. The zero-order chi connectivity index (χ0) is 19.0. The molecular formula is C23H22N2OS. The summed E-state index contributed by atoms with van der Waals surface area (Å²) in [6.07, 6.45) is 2.11. The van der Waals surface area contributed by atoms with Crippen LogP contribution in [0.2, 0.25) is 0 Å². The van der Waals surface area contributed by atoms with Crippen LogP contribution in [0.5, 0.6) is 5.75 Å². The van der Waals surface area contributed by atoms with Crippen molar-refractivity contribution in [3.05, 3.63) is 65.2 Å². The minimum Gasteiger partial charge on any atom is -0.490 e. The van der Waals surface area contributed by atoms with Crippen LogP contribution >= 0.6 is 11.3 Å². The summed E-state index contributed by atoms with van der Waals surface area (Å²) in [5.74, 6) is 0.642. The topological polar surface area (TPSA) is 59.0 Å². The summed E-state index contributed by atoms with van der Waals surface area (Å²) in [5.41, 5.74) is 11.8. The first-order chi connectivity index (χ1) is 13.1. The number of rotatable bonds is 4. The molecule has 0 saturated carbocycles. The maximum atomic E-state index is 9.48. The Morgan fingerprint density at radius 1 is 1.15 bits per heavy atom. The van der Waals surface area contributed by atoms with E-state index in [9.17, 15) is 5.26 Å². The molecule has 3 nitrogen and oxygen atoms in total. The third-order valence-corrected chi connectivity index (χ3v) is 6.10. The maximum absolute atomic E-state index is 9.48. The van der Waals surface area contributed by atoms with Gasteiger partial charge in [0, 0.05) is 15.8 Å². The molecule has 27 heavy (non-hydrogen) atoms. The van der Waals surface area contributed by atoms with Crippen molar-refractivity contribution >= 4 is 11.3 Å². The van der Waals surface area contributed by atoms with Gasteiger partial charge in [0.2, 0.25) is 0 Å². The monoisotopic (exact) mass is 374 g/mol. The van der Waals surface area contributed by atoms with Gasteiger partial charge >= 0.3 is 0 Å². The molecule has 1 heterocycles. The van der Waals surface area contributed by atoms with Gasteiger partial charge in [0.05, 0.1) is 11.7 Å². The Kier molecular flexibility index (Phi) is 4.73. The summed E-state index contributed by atoms with van der Waals surface area (Å²) in [4.78, 5) is 2.40. The van der Waals surface area contributed by atoms with Gasteiger partial charge in [-0.3, -0.25) is 0 Å². The van der Waals surface area contributed by atoms with Gasteiger partial charge in [-0.2, -0.15) is 5.26 Å². The summed E-state index contributed by atoms with van der Waals surface area (Å²) >= 11 is 1.75. The van der Waals surface area contributed by atoms with Gasteiger partial charge in [0.15, 0.2) is 0 Å². The van der Waals surface area contributed by atoms with E-state index >= 15 is 0 Å². The van der Waals surface area contributed by atoms with Crippen molar-refractivity contribution in [2.75, 3.05) is 0 Å². The summed E-state index contributed by atoms with van der Waals surface area (Å²) in [6.45, 7) is 3.93. The standard InChI is InChI=1S/C23H22N2OS/c1-14(2)26-21-9-6-15(12-16(21)13-24)22-10-11-23(27-22)19-5-3-4-18-17(19)7-8-20(18)25/h3-6,9-12,14,20H,7-8,25H2,1-2H3/t20-/m0/s1. The van der Waals surface area contributed by atoms with Gasteiger partial charge in [-0.25, -0.2) is 0 Å². The zero-order valence-corrected chi connectivity index (χ0v) is 16.3. The second kappa shape index (κ2) is 7.19. The molecule has 0 amide bonds. The van der Waals surface area contributed by atoms with E-state index in [1.807, 2.05) is 32.0 Å². The third kappa shape index (κ3) is 3.37. The molecule has 0 saturated heterocycles. The molecule has 2 aromatic carbocycles.